The quantitative estimate of drug-likeness (QED) is 0.589. The molecule has 4 heteroatoms. The molecule has 0 bridgehead atoms. The van der Waals surface area contributed by atoms with Crippen molar-refractivity contribution in [1.82, 2.24) is 14.5 Å². The molecule has 3 nitrogen and oxygen atoms in total. The van der Waals surface area contributed by atoms with Gasteiger partial charge in [-0.2, -0.15) is 0 Å². The van der Waals surface area contributed by atoms with Gasteiger partial charge in [0.2, 0.25) is 0 Å². The molecule has 0 atom stereocenters. The summed E-state index contributed by atoms with van der Waals surface area (Å²) in [6, 6.07) is 0. The Kier molecular flexibility index (Phi) is 2.73. The van der Waals surface area contributed by atoms with Crippen molar-refractivity contribution in [1.29, 1.82) is 0 Å². The second-order valence-corrected chi connectivity index (χ2v) is 3.80. The molecule has 0 aliphatic rings. The second kappa shape index (κ2) is 4.03. The minimum atomic E-state index is 0.523. The van der Waals surface area contributed by atoms with Gasteiger partial charge < -0.3 is 4.57 Å². The summed E-state index contributed by atoms with van der Waals surface area (Å²) in [7, 11) is 0. The van der Waals surface area contributed by atoms with E-state index >= 15 is 0 Å². The summed E-state index contributed by atoms with van der Waals surface area (Å²) in [5.74, 6) is 0. The fourth-order valence-corrected chi connectivity index (χ4v) is 1.95. The fraction of sp³-hybridized carbons (Fsp3) is 0.273. The molecule has 0 unspecified atom stereocenters. The number of aryl methyl sites for hydroxylation is 2. The lowest BCUT2D eigenvalue weighted by molar-refractivity contribution is 0.729. The van der Waals surface area contributed by atoms with Gasteiger partial charge in [-0.1, -0.05) is 17.7 Å². The molecule has 2 aromatic rings. The zero-order chi connectivity index (χ0) is 10.8. The first-order valence-electron chi connectivity index (χ1n) is 4.81. The van der Waals surface area contributed by atoms with Crippen LogP contribution in [-0.4, -0.2) is 14.5 Å². The first kappa shape index (κ1) is 10.2. The van der Waals surface area contributed by atoms with Gasteiger partial charge in [-0.05, 0) is 18.9 Å². The number of halogens is 1. The van der Waals surface area contributed by atoms with Gasteiger partial charge in [-0.25, -0.2) is 9.97 Å². The number of aromatic nitrogens is 3. The Bertz CT molecular complexity index is 502. The molecule has 15 heavy (non-hydrogen) atoms. The second-order valence-electron chi connectivity index (χ2n) is 3.45. The Morgan fingerprint density at radius 2 is 2.33 bits per heavy atom. The summed E-state index contributed by atoms with van der Waals surface area (Å²) in [5.41, 5.74) is 2.01. The average molecular weight is 222 g/mol. The minimum absolute atomic E-state index is 0.523. The molecule has 0 amide bonds. The van der Waals surface area contributed by atoms with Gasteiger partial charge in [0.25, 0.3) is 0 Å². The molecule has 0 N–H and O–H groups in total. The molecule has 0 fully saturated rings. The smallest absolute Gasteiger partial charge is 0.145 e. The van der Waals surface area contributed by atoms with Crippen LogP contribution in [0.2, 0.25) is 5.15 Å². The highest BCUT2D eigenvalue weighted by atomic mass is 35.5. The molecule has 2 aromatic heterocycles. The van der Waals surface area contributed by atoms with Crippen molar-refractivity contribution in [2.45, 2.75) is 19.9 Å². The van der Waals surface area contributed by atoms with Crippen LogP contribution in [0.25, 0.3) is 11.0 Å². The van der Waals surface area contributed by atoms with Crippen molar-refractivity contribution in [2.75, 3.05) is 0 Å². The largest absolute Gasteiger partial charge is 0.332 e. The van der Waals surface area contributed by atoms with Crippen molar-refractivity contribution in [2.24, 2.45) is 0 Å². The van der Waals surface area contributed by atoms with Crippen LogP contribution >= 0.6 is 11.6 Å². The van der Waals surface area contributed by atoms with E-state index in [0.29, 0.717) is 5.15 Å². The first-order valence-corrected chi connectivity index (χ1v) is 5.18. The Hall–Kier alpha value is -1.35. The van der Waals surface area contributed by atoms with Crippen molar-refractivity contribution in [3.63, 3.8) is 0 Å². The van der Waals surface area contributed by atoms with Crippen LogP contribution in [0, 0.1) is 6.92 Å². The van der Waals surface area contributed by atoms with Gasteiger partial charge in [0.15, 0.2) is 0 Å². The van der Waals surface area contributed by atoms with Crippen molar-refractivity contribution in [3.05, 3.63) is 35.9 Å². The summed E-state index contributed by atoms with van der Waals surface area (Å²) in [4.78, 5) is 8.23. The predicted octanol–water partition coefficient (Wildman–Crippen LogP) is 2.97. The highest BCUT2D eigenvalue weighted by Gasteiger charge is 2.09. The zero-order valence-electron chi connectivity index (χ0n) is 8.57. The highest BCUT2D eigenvalue weighted by molar-refractivity contribution is 6.34. The van der Waals surface area contributed by atoms with E-state index in [1.807, 2.05) is 13.0 Å². The lowest BCUT2D eigenvalue weighted by Crippen LogP contribution is -1.96. The van der Waals surface area contributed by atoms with Gasteiger partial charge in [-0.3, -0.25) is 0 Å². The summed E-state index contributed by atoms with van der Waals surface area (Å²) in [5, 5.41) is 1.47. The summed E-state index contributed by atoms with van der Waals surface area (Å²) >= 11 is 6.03. The number of rotatable bonds is 3. The van der Waals surface area contributed by atoms with Gasteiger partial charge in [0.1, 0.15) is 17.1 Å². The van der Waals surface area contributed by atoms with Crippen molar-refractivity contribution < 1.29 is 0 Å². The molecule has 2 rings (SSSR count). The van der Waals surface area contributed by atoms with E-state index in [9.17, 15) is 0 Å². The highest BCUT2D eigenvalue weighted by Crippen LogP contribution is 2.24. The molecular formula is C11H12ClN3. The van der Waals surface area contributed by atoms with Crippen LogP contribution in [0.5, 0.6) is 0 Å². The molecule has 2 heterocycles. The molecule has 0 aliphatic carbocycles. The third-order valence-corrected chi connectivity index (χ3v) is 2.66. The number of hydrogen-bond donors (Lipinski definition) is 0. The van der Waals surface area contributed by atoms with Crippen LogP contribution in [-0.2, 0) is 6.54 Å². The molecule has 0 radical (unpaired) electrons. The topological polar surface area (TPSA) is 30.7 Å². The number of nitrogens with zero attached hydrogens (tertiary/aromatic N) is 3. The molecule has 0 aromatic carbocycles. The third-order valence-electron chi connectivity index (χ3n) is 2.37. The Morgan fingerprint density at radius 1 is 1.53 bits per heavy atom. The number of hydrogen-bond acceptors (Lipinski definition) is 2. The van der Waals surface area contributed by atoms with Gasteiger partial charge in [0.05, 0.1) is 5.39 Å². The van der Waals surface area contributed by atoms with E-state index in [1.165, 1.54) is 6.33 Å². The van der Waals surface area contributed by atoms with Crippen LogP contribution in [0.1, 0.15) is 12.0 Å². The maximum absolute atomic E-state index is 6.03. The lowest BCUT2D eigenvalue weighted by Gasteiger charge is -2.01. The van der Waals surface area contributed by atoms with Crippen LogP contribution < -0.4 is 0 Å². The van der Waals surface area contributed by atoms with Crippen LogP contribution in [0.3, 0.4) is 0 Å². The predicted molar refractivity (Wildman–Crippen MR) is 62.1 cm³/mol. The van der Waals surface area contributed by atoms with E-state index in [2.05, 4.69) is 27.3 Å². The Labute approximate surface area is 93.4 Å². The molecule has 0 spiro atoms. The van der Waals surface area contributed by atoms with Crippen molar-refractivity contribution in [3.8, 4) is 0 Å². The molecular weight excluding hydrogens is 210 g/mol. The van der Waals surface area contributed by atoms with Crippen LogP contribution in [0.15, 0.2) is 25.2 Å². The van der Waals surface area contributed by atoms with E-state index in [4.69, 9.17) is 11.6 Å². The Morgan fingerprint density at radius 3 is 3.07 bits per heavy atom. The third kappa shape index (κ3) is 1.75. The zero-order valence-corrected chi connectivity index (χ0v) is 9.33. The standard InChI is InChI=1S/C11H12ClN3/c1-3-4-5-15-6-8(2)9-10(12)13-7-14-11(9)15/h3,6-7H,1,4-5H2,2H3. The summed E-state index contributed by atoms with van der Waals surface area (Å²) in [6.45, 7) is 6.60. The van der Waals surface area contributed by atoms with E-state index in [-0.39, 0.29) is 0 Å². The maximum Gasteiger partial charge on any atom is 0.145 e. The van der Waals surface area contributed by atoms with Gasteiger partial charge in [-0.15, -0.1) is 6.58 Å². The Balaban J connectivity index is 2.57. The van der Waals surface area contributed by atoms with E-state index < -0.39 is 0 Å². The average Bonchev–Trinajstić information content (AvgIpc) is 2.54. The van der Waals surface area contributed by atoms with Gasteiger partial charge in [0, 0.05) is 12.7 Å². The minimum Gasteiger partial charge on any atom is -0.332 e. The summed E-state index contributed by atoms with van der Waals surface area (Å²) < 4.78 is 2.08. The van der Waals surface area contributed by atoms with Gasteiger partial charge >= 0.3 is 0 Å². The summed E-state index contributed by atoms with van der Waals surface area (Å²) in [6.07, 6.45) is 6.36. The van der Waals surface area contributed by atoms with Crippen LogP contribution in [0.4, 0.5) is 0 Å². The monoisotopic (exact) mass is 221 g/mol. The molecule has 0 saturated heterocycles. The van der Waals surface area contributed by atoms with E-state index in [1.54, 1.807) is 0 Å². The normalized spacial score (nSPS) is 10.8. The van der Waals surface area contributed by atoms with E-state index in [0.717, 1.165) is 29.6 Å². The fourth-order valence-electron chi connectivity index (χ4n) is 1.67. The lowest BCUT2D eigenvalue weighted by atomic mass is 10.3. The first-order chi connectivity index (χ1) is 7.24. The number of fused-ring (bicyclic) bond motifs is 1. The SMILES string of the molecule is C=CCCn1cc(C)c2c(Cl)ncnc21. The molecule has 0 aliphatic heterocycles. The maximum atomic E-state index is 6.03. The molecule has 78 valence electrons. The number of allylic oxidation sites excluding steroid dienone is 1. The molecule has 0 saturated carbocycles. The van der Waals surface area contributed by atoms with Crippen molar-refractivity contribution >= 4 is 22.6 Å².